The van der Waals surface area contributed by atoms with Gasteiger partial charge in [-0.15, -0.1) is 0 Å². The molecule has 6 heteroatoms. The summed E-state index contributed by atoms with van der Waals surface area (Å²) in [5.74, 6) is 0.217. The maximum absolute atomic E-state index is 12.1. The van der Waals surface area contributed by atoms with Gasteiger partial charge in [-0.1, -0.05) is 17.7 Å². The van der Waals surface area contributed by atoms with Crippen LogP contribution >= 0.6 is 27.5 Å². The van der Waals surface area contributed by atoms with Crippen molar-refractivity contribution >= 4 is 39.1 Å². The number of carbonyl (C=O) groups excluding carboxylic acids is 1. The van der Waals surface area contributed by atoms with Crippen molar-refractivity contribution in [1.82, 2.24) is 0 Å². The normalized spacial score (nSPS) is 11.4. The zero-order chi connectivity index (χ0) is 16.1. The van der Waals surface area contributed by atoms with Crippen LogP contribution in [-0.4, -0.2) is 12.0 Å². The van der Waals surface area contributed by atoms with E-state index in [0.717, 1.165) is 0 Å². The second kappa shape index (κ2) is 7.30. The van der Waals surface area contributed by atoms with Crippen LogP contribution in [0.5, 0.6) is 5.75 Å². The van der Waals surface area contributed by atoms with Crippen LogP contribution in [0.4, 0.5) is 5.69 Å². The molecule has 1 N–H and O–H groups in total. The molecule has 2 aromatic rings. The van der Waals surface area contributed by atoms with Crippen LogP contribution in [0.25, 0.3) is 0 Å². The Morgan fingerprint density at radius 1 is 1.36 bits per heavy atom. The number of amides is 1. The lowest BCUT2D eigenvalue weighted by Gasteiger charge is -2.16. The molecule has 2 aromatic carbocycles. The van der Waals surface area contributed by atoms with Crippen molar-refractivity contribution in [2.45, 2.75) is 13.0 Å². The first-order chi connectivity index (χ1) is 10.5. The number of anilines is 1. The van der Waals surface area contributed by atoms with E-state index in [1.165, 1.54) is 0 Å². The molecule has 0 saturated heterocycles. The van der Waals surface area contributed by atoms with Gasteiger partial charge >= 0.3 is 0 Å². The van der Waals surface area contributed by atoms with Crippen LogP contribution in [0.1, 0.15) is 12.5 Å². The number of hydrogen-bond donors (Lipinski definition) is 1. The van der Waals surface area contributed by atoms with E-state index in [-0.39, 0.29) is 5.91 Å². The zero-order valence-corrected chi connectivity index (χ0v) is 14.0. The molecule has 0 spiro atoms. The highest BCUT2D eigenvalue weighted by atomic mass is 79.9. The Morgan fingerprint density at radius 2 is 2.14 bits per heavy atom. The smallest absolute Gasteiger partial charge is 0.265 e. The van der Waals surface area contributed by atoms with E-state index in [2.05, 4.69) is 21.2 Å². The van der Waals surface area contributed by atoms with E-state index in [9.17, 15) is 4.79 Å². The molecule has 112 valence electrons. The van der Waals surface area contributed by atoms with E-state index in [1.807, 2.05) is 6.07 Å². The molecule has 1 atom stereocenters. The number of rotatable bonds is 4. The highest BCUT2D eigenvalue weighted by molar-refractivity contribution is 9.10. The molecule has 22 heavy (non-hydrogen) atoms. The van der Waals surface area contributed by atoms with Gasteiger partial charge in [0.15, 0.2) is 6.10 Å². The predicted molar refractivity (Wildman–Crippen MR) is 89.0 cm³/mol. The summed E-state index contributed by atoms with van der Waals surface area (Å²) in [6.07, 6.45) is -0.705. The molecular formula is C16H12BrClN2O2. The Morgan fingerprint density at radius 3 is 2.82 bits per heavy atom. The average Bonchev–Trinajstić information content (AvgIpc) is 2.50. The average molecular weight is 380 g/mol. The number of carbonyl (C=O) groups is 1. The number of halogens is 2. The fraction of sp³-hybridized carbons (Fsp3) is 0.125. The van der Waals surface area contributed by atoms with Gasteiger partial charge in [-0.3, -0.25) is 4.79 Å². The number of nitrogens with one attached hydrogen (secondary N) is 1. The monoisotopic (exact) mass is 378 g/mol. The molecular weight excluding hydrogens is 368 g/mol. The van der Waals surface area contributed by atoms with Crippen LogP contribution in [0.2, 0.25) is 5.02 Å². The largest absolute Gasteiger partial charge is 0.480 e. The molecule has 0 saturated carbocycles. The SMILES string of the molecule is C[C@H](Oc1ccc(Cl)cc1Br)C(=O)Nc1cccc(C#N)c1. The van der Waals surface area contributed by atoms with E-state index < -0.39 is 6.10 Å². The Hall–Kier alpha value is -2.03. The second-order valence-corrected chi connectivity index (χ2v) is 5.81. The molecule has 0 unspecified atom stereocenters. The summed E-state index contributed by atoms with van der Waals surface area (Å²) in [6, 6.07) is 13.8. The summed E-state index contributed by atoms with van der Waals surface area (Å²) in [7, 11) is 0. The highest BCUT2D eigenvalue weighted by Gasteiger charge is 2.16. The van der Waals surface area contributed by atoms with Crippen LogP contribution in [-0.2, 0) is 4.79 Å². The van der Waals surface area contributed by atoms with Gasteiger partial charge in [-0.05, 0) is 59.3 Å². The minimum absolute atomic E-state index is 0.308. The van der Waals surface area contributed by atoms with Crippen molar-refractivity contribution in [1.29, 1.82) is 5.26 Å². The first-order valence-electron chi connectivity index (χ1n) is 6.42. The fourth-order valence-corrected chi connectivity index (χ4v) is 2.50. The summed E-state index contributed by atoms with van der Waals surface area (Å²) in [4.78, 5) is 12.1. The van der Waals surface area contributed by atoms with Crippen molar-refractivity contribution in [3.05, 3.63) is 57.5 Å². The predicted octanol–water partition coefficient (Wildman–Crippen LogP) is 4.38. The van der Waals surface area contributed by atoms with Crippen molar-refractivity contribution in [2.75, 3.05) is 5.32 Å². The van der Waals surface area contributed by atoms with Crippen molar-refractivity contribution < 1.29 is 9.53 Å². The molecule has 0 bridgehead atoms. The lowest BCUT2D eigenvalue weighted by atomic mass is 10.2. The van der Waals surface area contributed by atoms with Crippen LogP contribution in [0.3, 0.4) is 0 Å². The molecule has 0 heterocycles. The summed E-state index contributed by atoms with van der Waals surface area (Å²) >= 11 is 9.19. The number of nitrogens with zero attached hydrogens (tertiary/aromatic N) is 1. The van der Waals surface area contributed by atoms with Gasteiger partial charge in [0.2, 0.25) is 0 Å². The maximum atomic E-state index is 12.1. The van der Waals surface area contributed by atoms with Crippen molar-refractivity contribution in [3.63, 3.8) is 0 Å². The van der Waals surface area contributed by atoms with Crippen LogP contribution in [0, 0.1) is 11.3 Å². The lowest BCUT2D eigenvalue weighted by Crippen LogP contribution is -2.30. The van der Waals surface area contributed by atoms with Gasteiger partial charge in [0.25, 0.3) is 5.91 Å². The van der Waals surface area contributed by atoms with Crippen molar-refractivity contribution in [2.24, 2.45) is 0 Å². The van der Waals surface area contributed by atoms with Gasteiger partial charge in [0.1, 0.15) is 5.75 Å². The summed E-state index contributed by atoms with van der Waals surface area (Å²) in [5, 5.41) is 12.1. The summed E-state index contributed by atoms with van der Waals surface area (Å²) < 4.78 is 6.28. The van der Waals surface area contributed by atoms with E-state index in [1.54, 1.807) is 49.4 Å². The maximum Gasteiger partial charge on any atom is 0.265 e. The molecule has 0 aliphatic carbocycles. The third-order valence-corrected chi connectivity index (χ3v) is 3.68. The Balaban J connectivity index is 2.04. The Labute approximate surface area is 141 Å². The van der Waals surface area contributed by atoms with Gasteiger partial charge in [-0.25, -0.2) is 0 Å². The van der Waals surface area contributed by atoms with E-state index in [4.69, 9.17) is 21.6 Å². The van der Waals surface area contributed by atoms with Gasteiger partial charge in [0, 0.05) is 10.7 Å². The zero-order valence-electron chi connectivity index (χ0n) is 11.6. The molecule has 0 fully saturated rings. The van der Waals surface area contributed by atoms with Gasteiger partial charge in [0.05, 0.1) is 16.1 Å². The molecule has 1 amide bonds. The number of ether oxygens (including phenoxy) is 1. The number of hydrogen-bond acceptors (Lipinski definition) is 3. The molecule has 0 radical (unpaired) electrons. The Kier molecular flexibility index (Phi) is 5.42. The fourth-order valence-electron chi connectivity index (χ4n) is 1.73. The standard InChI is InChI=1S/C16H12BrClN2O2/c1-10(22-15-6-5-12(18)8-14(15)17)16(21)20-13-4-2-3-11(7-13)9-19/h2-8,10H,1H3,(H,20,21)/t10-/m0/s1. The van der Waals surface area contributed by atoms with E-state index >= 15 is 0 Å². The first kappa shape index (κ1) is 16.3. The molecule has 2 rings (SSSR count). The number of nitriles is 1. The minimum atomic E-state index is -0.705. The van der Waals surface area contributed by atoms with Crippen LogP contribution in [0.15, 0.2) is 46.9 Å². The van der Waals surface area contributed by atoms with E-state index in [0.29, 0.717) is 26.5 Å². The second-order valence-electron chi connectivity index (χ2n) is 4.52. The van der Waals surface area contributed by atoms with Crippen LogP contribution < -0.4 is 10.1 Å². The summed E-state index contributed by atoms with van der Waals surface area (Å²) in [6.45, 7) is 1.64. The third kappa shape index (κ3) is 4.23. The number of benzene rings is 2. The lowest BCUT2D eigenvalue weighted by molar-refractivity contribution is -0.122. The molecule has 4 nitrogen and oxygen atoms in total. The highest BCUT2D eigenvalue weighted by Crippen LogP contribution is 2.28. The minimum Gasteiger partial charge on any atom is -0.480 e. The van der Waals surface area contributed by atoms with Gasteiger partial charge < -0.3 is 10.1 Å². The molecule has 0 aromatic heterocycles. The van der Waals surface area contributed by atoms with Gasteiger partial charge in [-0.2, -0.15) is 5.26 Å². The quantitative estimate of drug-likeness (QED) is 0.857. The molecule has 0 aliphatic rings. The summed E-state index contributed by atoms with van der Waals surface area (Å²) in [5.41, 5.74) is 1.03. The first-order valence-corrected chi connectivity index (χ1v) is 7.59. The Bertz CT molecular complexity index is 743. The molecule has 0 aliphatic heterocycles. The van der Waals surface area contributed by atoms with Crippen molar-refractivity contribution in [3.8, 4) is 11.8 Å². The topological polar surface area (TPSA) is 62.1 Å². The third-order valence-electron chi connectivity index (χ3n) is 2.83.